The zero-order valence-corrected chi connectivity index (χ0v) is 13.8. The molecule has 21 heavy (non-hydrogen) atoms. The molecular weight excluding hydrogens is 278 g/mol. The molecule has 0 aliphatic rings. The molecular formula is C14H29NO6. The largest absolute Gasteiger partial charge is 0.480 e. The number of carboxylic acid groups (broad SMARTS) is 1. The molecule has 7 heteroatoms. The summed E-state index contributed by atoms with van der Waals surface area (Å²) in [6, 6.07) is -0.875. The smallest absolute Gasteiger partial charge is 0.326 e. The monoisotopic (exact) mass is 307 g/mol. The molecule has 0 aliphatic carbocycles. The van der Waals surface area contributed by atoms with Gasteiger partial charge in [-0.25, -0.2) is 4.79 Å². The van der Waals surface area contributed by atoms with Gasteiger partial charge in [0.25, 0.3) is 6.47 Å². The normalized spacial score (nSPS) is 10.2. The molecule has 0 spiro atoms. The molecule has 0 bridgehead atoms. The van der Waals surface area contributed by atoms with E-state index in [0.717, 1.165) is 0 Å². The molecule has 0 aliphatic heterocycles. The summed E-state index contributed by atoms with van der Waals surface area (Å²) in [5, 5.41) is 11.2. The number of methoxy groups -OCH3 is 1. The van der Waals surface area contributed by atoms with E-state index >= 15 is 0 Å². The Balaban J connectivity index is -0.000000569. The summed E-state index contributed by atoms with van der Waals surface area (Å²) in [4.78, 5) is 31.9. The van der Waals surface area contributed by atoms with Crippen LogP contribution in [0.5, 0.6) is 0 Å². The fraction of sp³-hybridized carbons (Fsp3) is 0.786. The van der Waals surface area contributed by atoms with Crippen molar-refractivity contribution in [2.75, 3.05) is 20.8 Å². The predicted octanol–water partition coefficient (Wildman–Crippen LogP) is 1.45. The number of rotatable bonds is 8. The van der Waals surface area contributed by atoms with Gasteiger partial charge < -0.3 is 19.9 Å². The van der Waals surface area contributed by atoms with Crippen molar-refractivity contribution < 1.29 is 29.0 Å². The lowest BCUT2D eigenvalue weighted by molar-refractivity contribution is -0.143. The van der Waals surface area contributed by atoms with Crippen molar-refractivity contribution in [3.8, 4) is 0 Å². The maximum absolute atomic E-state index is 11.3. The highest BCUT2D eigenvalue weighted by atomic mass is 16.5. The molecule has 0 saturated carbocycles. The molecule has 1 unspecified atom stereocenters. The van der Waals surface area contributed by atoms with Gasteiger partial charge in [-0.05, 0) is 12.3 Å². The summed E-state index contributed by atoms with van der Waals surface area (Å²) in [6.45, 7) is 7.91. The van der Waals surface area contributed by atoms with Gasteiger partial charge in [-0.2, -0.15) is 0 Å². The Hall–Kier alpha value is -1.63. The molecule has 0 aromatic carbocycles. The Morgan fingerprint density at radius 3 is 2.05 bits per heavy atom. The van der Waals surface area contributed by atoms with Gasteiger partial charge in [0.2, 0.25) is 5.91 Å². The first-order chi connectivity index (χ1) is 9.90. The summed E-state index contributed by atoms with van der Waals surface area (Å²) in [5.74, 6) is -1.57. The first-order valence-corrected chi connectivity index (χ1v) is 6.88. The van der Waals surface area contributed by atoms with Gasteiger partial charge in [-0.3, -0.25) is 9.59 Å². The third kappa shape index (κ3) is 18.4. The number of carboxylic acids is 1. The van der Waals surface area contributed by atoms with Crippen LogP contribution >= 0.6 is 0 Å². The summed E-state index contributed by atoms with van der Waals surface area (Å²) in [6.07, 6.45) is 0.527. The third-order valence-corrected chi connectivity index (χ3v) is 1.98. The molecule has 0 rings (SSSR count). The van der Waals surface area contributed by atoms with Crippen molar-refractivity contribution in [1.29, 1.82) is 0 Å². The lowest BCUT2D eigenvalue weighted by Crippen LogP contribution is -2.44. The van der Waals surface area contributed by atoms with Crippen LogP contribution in [0.4, 0.5) is 0 Å². The number of hydrogen-bond donors (Lipinski definition) is 2. The van der Waals surface area contributed by atoms with E-state index in [0.29, 0.717) is 12.9 Å². The first kappa shape index (κ1) is 24.4. The van der Waals surface area contributed by atoms with E-state index < -0.39 is 12.0 Å². The zero-order chi connectivity index (χ0) is 17.3. The Morgan fingerprint density at radius 2 is 1.71 bits per heavy atom. The lowest BCUT2D eigenvalue weighted by atomic mass is 10.0. The van der Waals surface area contributed by atoms with Gasteiger partial charge >= 0.3 is 5.97 Å². The predicted molar refractivity (Wildman–Crippen MR) is 79.9 cm³/mol. The molecule has 0 aromatic rings. The van der Waals surface area contributed by atoms with E-state index in [1.54, 1.807) is 28.1 Å². The summed E-state index contributed by atoms with van der Waals surface area (Å²) in [5.41, 5.74) is 0. The van der Waals surface area contributed by atoms with Gasteiger partial charge in [-0.15, -0.1) is 0 Å². The molecule has 0 heterocycles. The van der Waals surface area contributed by atoms with Crippen LogP contribution in [-0.2, 0) is 23.9 Å². The van der Waals surface area contributed by atoms with Gasteiger partial charge in [0.15, 0.2) is 0 Å². The molecule has 7 nitrogen and oxygen atoms in total. The van der Waals surface area contributed by atoms with Gasteiger partial charge in [0.05, 0.1) is 6.61 Å². The number of carbonyl (C=O) groups is 3. The van der Waals surface area contributed by atoms with Crippen molar-refractivity contribution in [2.45, 2.75) is 46.6 Å². The van der Waals surface area contributed by atoms with E-state index in [2.05, 4.69) is 14.8 Å². The van der Waals surface area contributed by atoms with Crippen molar-refractivity contribution in [3.63, 3.8) is 0 Å². The Morgan fingerprint density at radius 1 is 1.24 bits per heavy atom. The van der Waals surface area contributed by atoms with Gasteiger partial charge in [0.1, 0.15) is 6.04 Å². The average Bonchev–Trinajstić information content (AvgIpc) is 2.43. The number of hydrogen-bond acceptors (Lipinski definition) is 5. The second kappa shape index (κ2) is 18.4. The molecule has 0 fully saturated rings. The molecule has 126 valence electrons. The average molecular weight is 307 g/mol. The molecule has 1 amide bonds. The third-order valence-electron chi connectivity index (χ3n) is 1.98. The molecule has 0 radical (unpaired) electrons. The number of ether oxygens (including phenoxy) is 2. The van der Waals surface area contributed by atoms with Crippen LogP contribution in [0.15, 0.2) is 0 Å². The van der Waals surface area contributed by atoms with Crippen molar-refractivity contribution in [2.24, 2.45) is 5.92 Å². The quantitative estimate of drug-likeness (QED) is 0.520. The van der Waals surface area contributed by atoms with Gasteiger partial charge in [-0.1, -0.05) is 27.7 Å². The van der Waals surface area contributed by atoms with Crippen LogP contribution in [0, 0.1) is 5.92 Å². The number of nitrogens with one attached hydrogen (secondary N) is 1. The van der Waals surface area contributed by atoms with E-state index in [1.165, 1.54) is 0 Å². The van der Waals surface area contributed by atoms with Gasteiger partial charge in [0, 0.05) is 20.6 Å². The standard InChI is InChI=1S/C10H17NO5.C2H6O.C2H6/c1-7(2)9(10(14)15)11-8(13)4-3-5-16-6-12;1-3-2;1-2/h6-7,9H,3-5H2,1-2H3,(H,11,13)(H,14,15);1-2H3;1-2H3. The number of aliphatic carboxylic acids is 1. The SMILES string of the molecule is CC.CC(C)C(NC(=O)CCCOC=O)C(=O)O.COC. The second-order valence-corrected chi connectivity index (χ2v) is 4.11. The molecule has 1 atom stereocenters. The lowest BCUT2D eigenvalue weighted by Gasteiger charge is -2.17. The Labute approximate surface area is 127 Å². The Bertz CT molecular complexity index is 268. The maximum Gasteiger partial charge on any atom is 0.326 e. The van der Waals surface area contributed by atoms with Crippen molar-refractivity contribution >= 4 is 18.3 Å². The van der Waals surface area contributed by atoms with Crippen LogP contribution in [0.2, 0.25) is 0 Å². The van der Waals surface area contributed by atoms with Crippen molar-refractivity contribution in [3.05, 3.63) is 0 Å². The van der Waals surface area contributed by atoms with Crippen LogP contribution < -0.4 is 5.32 Å². The first-order valence-electron chi connectivity index (χ1n) is 6.88. The van der Waals surface area contributed by atoms with E-state index in [-0.39, 0.29) is 24.9 Å². The van der Waals surface area contributed by atoms with E-state index in [1.807, 2.05) is 13.8 Å². The highest BCUT2D eigenvalue weighted by molar-refractivity contribution is 5.83. The van der Waals surface area contributed by atoms with E-state index in [9.17, 15) is 14.4 Å². The minimum Gasteiger partial charge on any atom is -0.480 e. The molecule has 0 aromatic heterocycles. The van der Waals surface area contributed by atoms with Crippen molar-refractivity contribution in [1.82, 2.24) is 5.32 Å². The fourth-order valence-electron chi connectivity index (χ4n) is 1.12. The second-order valence-electron chi connectivity index (χ2n) is 4.11. The minimum absolute atomic E-state index is 0.143. The molecule has 0 saturated heterocycles. The Kier molecular flexibility index (Phi) is 21.3. The fourth-order valence-corrected chi connectivity index (χ4v) is 1.12. The topological polar surface area (TPSA) is 102 Å². The summed E-state index contributed by atoms with van der Waals surface area (Å²) in [7, 11) is 3.25. The van der Waals surface area contributed by atoms with Crippen LogP contribution in [0.3, 0.4) is 0 Å². The summed E-state index contributed by atoms with van der Waals surface area (Å²) < 4.78 is 8.66. The number of amides is 1. The number of carbonyl (C=O) groups excluding carboxylic acids is 2. The maximum atomic E-state index is 11.3. The zero-order valence-electron chi connectivity index (χ0n) is 13.8. The highest BCUT2D eigenvalue weighted by Crippen LogP contribution is 2.02. The minimum atomic E-state index is -1.05. The molecule has 2 N–H and O–H groups in total. The van der Waals surface area contributed by atoms with Crippen LogP contribution in [-0.4, -0.2) is 50.3 Å². The summed E-state index contributed by atoms with van der Waals surface area (Å²) >= 11 is 0. The van der Waals surface area contributed by atoms with Crippen LogP contribution in [0.1, 0.15) is 40.5 Å². The van der Waals surface area contributed by atoms with E-state index in [4.69, 9.17) is 5.11 Å². The highest BCUT2D eigenvalue weighted by Gasteiger charge is 2.22. The van der Waals surface area contributed by atoms with Crippen LogP contribution in [0.25, 0.3) is 0 Å².